The van der Waals surface area contributed by atoms with Crippen LogP contribution in [0.25, 0.3) is 0 Å². The number of benzene rings is 2. The number of carbonyl (C=O) groups excluding carboxylic acids is 2. The summed E-state index contributed by atoms with van der Waals surface area (Å²) in [6, 6.07) is 14.7. The van der Waals surface area contributed by atoms with Gasteiger partial charge in [-0.1, -0.05) is 30.3 Å². The molecule has 2 aromatic rings. The summed E-state index contributed by atoms with van der Waals surface area (Å²) in [4.78, 5) is 24.4. The van der Waals surface area contributed by atoms with Crippen LogP contribution in [0.1, 0.15) is 17.3 Å². The van der Waals surface area contributed by atoms with Crippen molar-refractivity contribution in [2.75, 3.05) is 29.0 Å². The lowest BCUT2D eigenvalue weighted by Gasteiger charge is -2.22. The van der Waals surface area contributed by atoms with Crippen LogP contribution in [0.4, 0.5) is 11.4 Å². The van der Waals surface area contributed by atoms with Gasteiger partial charge in [-0.3, -0.25) is 9.10 Å². The Kier molecular flexibility index (Phi) is 6.35. The van der Waals surface area contributed by atoms with Gasteiger partial charge in [0.1, 0.15) is 6.54 Å². The van der Waals surface area contributed by atoms with Gasteiger partial charge in [-0.25, -0.2) is 13.2 Å². The largest absolute Gasteiger partial charge is 0.462 e. The van der Waals surface area contributed by atoms with Crippen LogP contribution in [0.5, 0.6) is 0 Å². The Labute approximate surface area is 152 Å². The van der Waals surface area contributed by atoms with Gasteiger partial charge in [0.2, 0.25) is 15.9 Å². The molecule has 0 aliphatic heterocycles. The van der Waals surface area contributed by atoms with Crippen LogP contribution in [0.3, 0.4) is 0 Å². The first-order valence-corrected chi connectivity index (χ1v) is 9.76. The number of carbonyl (C=O) groups is 2. The number of nitrogens with one attached hydrogen (secondary N) is 1. The molecule has 0 aliphatic rings. The van der Waals surface area contributed by atoms with E-state index in [1.807, 2.05) is 0 Å². The molecule has 7 nitrogen and oxygen atoms in total. The third-order valence-electron chi connectivity index (χ3n) is 3.43. The number of nitrogens with zero attached hydrogens (tertiary/aromatic N) is 1. The number of rotatable bonds is 7. The second-order valence-electron chi connectivity index (χ2n) is 5.42. The normalized spacial score (nSPS) is 10.8. The number of esters is 1. The Bertz CT molecular complexity index is 881. The van der Waals surface area contributed by atoms with Gasteiger partial charge in [0, 0.05) is 0 Å². The summed E-state index contributed by atoms with van der Waals surface area (Å²) in [7, 11) is -3.66. The molecular formula is C18H20N2O5S. The van der Waals surface area contributed by atoms with E-state index in [0.29, 0.717) is 5.69 Å². The van der Waals surface area contributed by atoms with E-state index < -0.39 is 28.4 Å². The van der Waals surface area contributed by atoms with Gasteiger partial charge in [0.25, 0.3) is 0 Å². The highest BCUT2D eigenvalue weighted by Gasteiger charge is 2.22. The van der Waals surface area contributed by atoms with E-state index >= 15 is 0 Å². The van der Waals surface area contributed by atoms with E-state index in [2.05, 4.69) is 5.32 Å². The molecule has 138 valence electrons. The van der Waals surface area contributed by atoms with Gasteiger partial charge < -0.3 is 10.1 Å². The Morgan fingerprint density at radius 1 is 1.04 bits per heavy atom. The molecule has 0 radical (unpaired) electrons. The fourth-order valence-corrected chi connectivity index (χ4v) is 3.15. The van der Waals surface area contributed by atoms with Gasteiger partial charge in [0.15, 0.2) is 0 Å². The Morgan fingerprint density at radius 3 is 2.27 bits per heavy atom. The Hall–Kier alpha value is -2.87. The number of anilines is 2. The summed E-state index contributed by atoms with van der Waals surface area (Å²) >= 11 is 0. The van der Waals surface area contributed by atoms with Crippen molar-refractivity contribution in [1.29, 1.82) is 0 Å². The van der Waals surface area contributed by atoms with Crippen LogP contribution < -0.4 is 9.62 Å². The minimum atomic E-state index is -3.66. The molecule has 2 aromatic carbocycles. The van der Waals surface area contributed by atoms with Crippen molar-refractivity contribution >= 4 is 33.3 Å². The first kappa shape index (κ1) is 19.5. The lowest BCUT2D eigenvalue weighted by atomic mass is 10.2. The monoisotopic (exact) mass is 376 g/mol. The third-order valence-corrected chi connectivity index (χ3v) is 4.57. The van der Waals surface area contributed by atoms with Crippen molar-refractivity contribution in [2.24, 2.45) is 0 Å². The fourth-order valence-electron chi connectivity index (χ4n) is 2.29. The third kappa shape index (κ3) is 5.06. The zero-order chi connectivity index (χ0) is 19.2. The quantitative estimate of drug-likeness (QED) is 0.748. The summed E-state index contributed by atoms with van der Waals surface area (Å²) in [5.41, 5.74) is 0.842. The Morgan fingerprint density at radius 2 is 1.65 bits per heavy atom. The van der Waals surface area contributed by atoms with E-state index in [0.717, 1.165) is 10.6 Å². The first-order chi connectivity index (χ1) is 12.3. The average molecular weight is 376 g/mol. The molecule has 0 heterocycles. The van der Waals surface area contributed by atoms with Gasteiger partial charge in [0.05, 0.1) is 29.8 Å². The number of ether oxygens (including phenoxy) is 1. The maximum absolute atomic E-state index is 12.4. The number of para-hydroxylation sites is 2. The predicted molar refractivity (Wildman–Crippen MR) is 99.7 cm³/mol. The molecule has 0 aliphatic carbocycles. The van der Waals surface area contributed by atoms with Crippen LogP contribution in [0.2, 0.25) is 0 Å². The highest BCUT2D eigenvalue weighted by molar-refractivity contribution is 7.92. The zero-order valence-electron chi connectivity index (χ0n) is 14.5. The fraction of sp³-hybridized carbons (Fsp3) is 0.222. The SMILES string of the molecule is CCOC(=O)c1ccccc1NC(=O)CN(c1ccccc1)S(C)(=O)=O. The van der Waals surface area contributed by atoms with E-state index in [1.54, 1.807) is 55.5 Å². The highest BCUT2D eigenvalue weighted by Crippen LogP contribution is 2.19. The molecule has 1 N–H and O–H groups in total. The average Bonchev–Trinajstić information content (AvgIpc) is 2.60. The lowest BCUT2D eigenvalue weighted by Crippen LogP contribution is -2.37. The highest BCUT2D eigenvalue weighted by atomic mass is 32.2. The maximum Gasteiger partial charge on any atom is 0.340 e. The Balaban J connectivity index is 2.21. The predicted octanol–water partition coefficient (Wildman–Crippen LogP) is 2.27. The van der Waals surface area contributed by atoms with Crippen molar-refractivity contribution in [3.63, 3.8) is 0 Å². The molecule has 0 atom stereocenters. The van der Waals surface area contributed by atoms with Gasteiger partial charge in [-0.2, -0.15) is 0 Å². The molecule has 1 amide bonds. The molecule has 0 fully saturated rings. The second-order valence-corrected chi connectivity index (χ2v) is 7.33. The van der Waals surface area contributed by atoms with Crippen molar-refractivity contribution in [2.45, 2.75) is 6.92 Å². The number of amides is 1. The van der Waals surface area contributed by atoms with E-state index in [4.69, 9.17) is 4.74 Å². The maximum atomic E-state index is 12.4. The summed E-state index contributed by atoms with van der Waals surface area (Å²) in [6.07, 6.45) is 1.03. The molecule has 0 saturated carbocycles. The van der Waals surface area contributed by atoms with Crippen molar-refractivity contribution in [3.05, 3.63) is 60.2 Å². The van der Waals surface area contributed by atoms with Gasteiger partial charge in [-0.05, 0) is 31.2 Å². The lowest BCUT2D eigenvalue weighted by molar-refractivity contribution is -0.114. The summed E-state index contributed by atoms with van der Waals surface area (Å²) in [5, 5.41) is 2.58. The van der Waals surface area contributed by atoms with Crippen LogP contribution in [0, 0.1) is 0 Å². The second kappa shape index (κ2) is 8.48. The molecule has 0 bridgehead atoms. The topological polar surface area (TPSA) is 92.8 Å². The van der Waals surface area contributed by atoms with Gasteiger partial charge in [-0.15, -0.1) is 0 Å². The molecular weight excluding hydrogens is 356 g/mol. The summed E-state index contributed by atoms with van der Waals surface area (Å²) in [5.74, 6) is -1.14. The number of hydrogen-bond acceptors (Lipinski definition) is 5. The molecule has 0 saturated heterocycles. The van der Waals surface area contributed by atoms with Crippen molar-refractivity contribution < 1.29 is 22.7 Å². The molecule has 8 heteroatoms. The number of hydrogen-bond donors (Lipinski definition) is 1. The molecule has 0 spiro atoms. The number of sulfonamides is 1. The summed E-state index contributed by atoms with van der Waals surface area (Å²) < 4.78 is 30.1. The van der Waals surface area contributed by atoms with E-state index in [1.165, 1.54) is 6.07 Å². The van der Waals surface area contributed by atoms with Gasteiger partial charge >= 0.3 is 5.97 Å². The first-order valence-electron chi connectivity index (χ1n) is 7.91. The van der Waals surface area contributed by atoms with Crippen LogP contribution in [0.15, 0.2) is 54.6 Å². The standard InChI is InChI=1S/C18H20N2O5S/c1-3-25-18(22)15-11-7-8-12-16(15)19-17(21)13-20(26(2,23)24)14-9-5-4-6-10-14/h4-12H,3,13H2,1-2H3,(H,19,21). The van der Waals surface area contributed by atoms with E-state index in [-0.39, 0.29) is 17.9 Å². The van der Waals surface area contributed by atoms with Crippen molar-refractivity contribution in [3.8, 4) is 0 Å². The molecule has 2 rings (SSSR count). The van der Waals surface area contributed by atoms with Crippen LogP contribution in [-0.4, -0.2) is 39.7 Å². The molecule has 26 heavy (non-hydrogen) atoms. The smallest absolute Gasteiger partial charge is 0.340 e. The van der Waals surface area contributed by atoms with Crippen LogP contribution >= 0.6 is 0 Å². The molecule has 0 unspecified atom stereocenters. The van der Waals surface area contributed by atoms with Crippen LogP contribution in [-0.2, 0) is 19.6 Å². The minimum absolute atomic E-state index is 0.202. The molecule has 0 aromatic heterocycles. The zero-order valence-corrected chi connectivity index (χ0v) is 15.3. The van der Waals surface area contributed by atoms with Crippen molar-refractivity contribution in [1.82, 2.24) is 0 Å². The van der Waals surface area contributed by atoms with E-state index in [9.17, 15) is 18.0 Å². The minimum Gasteiger partial charge on any atom is -0.462 e. The summed E-state index contributed by atoms with van der Waals surface area (Å²) in [6.45, 7) is 1.47.